The summed E-state index contributed by atoms with van der Waals surface area (Å²) in [6.45, 7) is 10.6. The number of rotatable bonds is 10. The number of hydrogen-bond acceptors (Lipinski definition) is 5. The molecular weight excluding hydrogens is 404 g/mol. The molecule has 1 aliphatic rings. The number of methoxy groups -OCH3 is 1. The fourth-order valence-electron chi connectivity index (χ4n) is 4.15. The number of hydrogen-bond donors (Lipinski definition) is 1. The molecule has 1 atom stereocenters. The van der Waals surface area contributed by atoms with Gasteiger partial charge in [-0.2, -0.15) is 5.10 Å². The highest BCUT2D eigenvalue weighted by atomic mass is 16.5. The molecule has 32 heavy (non-hydrogen) atoms. The lowest BCUT2D eigenvalue weighted by molar-refractivity contribution is 0.217. The number of likely N-dealkylation sites (N-methyl/N-ethyl adjacent to an activating group) is 1. The van der Waals surface area contributed by atoms with Gasteiger partial charge in [0.25, 0.3) is 0 Å². The first-order valence-electron chi connectivity index (χ1n) is 11.5. The van der Waals surface area contributed by atoms with Gasteiger partial charge in [-0.15, -0.1) is 0 Å². The third-order valence-corrected chi connectivity index (χ3v) is 6.13. The highest BCUT2D eigenvalue weighted by Crippen LogP contribution is 2.29. The minimum Gasteiger partial charge on any atom is -0.493 e. The molecule has 1 fully saturated rings. The molecule has 8 heteroatoms. The molecule has 8 nitrogen and oxygen atoms in total. The molecule has 3 rings (SSSR count). The van der Waals surface area contributed by atoms with E-state index in [4.69, 9.17) is 9.47 Å². The lowest BCUT2D eigenvalue weighted by atomic mass is 10.0. The normalized spacial score (nSPS) is 16.6. The zero-order valence-corrected chi connectivity index (χ0v) is 20.2. The van der Waals surface area contributed by atoms with Crippen molar-refractivity contribution < 1.29 is 9.47 Å². The number of nitrogens with one attached hydrogen (secondary N) is 1. The molecule has 176 valence electrons. The van der Waals surface area contributed by atoms with Crippen LogP contribution >= 0.6 is 0 Å². The average Bonchev–Trinajstić information content (AvgIpc) is 3.47. The van der Waals surface area contributed by atoms with Crippen LogP contribution in [0.1, 0.15) is 37.3 Å². The summed E-state index contributed by atoms with van der Waals surface area (Å²) in [7, 11) is 5.49. The summed E-state index contributed by atoms with van der Waals surface area (Å²) in [5.74, 6) is 2.97. The molecule has 0 saturated carbocycles. The van der Waals surface area contributed by atoms with E-state index in [2.05, 4.69) is 51.3 Å². The maximum absolute atomic E-state index is 5.97. The standard InChI is InChI=1S/C24H38N6O2/c1-6-29(7-2)12-13-32-22-9-8-19(14-23(22)31-5)15-26-24(25-3)30-11-10-20(18-30)21-16-27-28(4)17-21/h8-9,14,16-17,20H,6-7,10-13,15,18H2,1-5H3,(H,25,26). The van der Waals surface area contributed by atoms with E-state index in [1.165, 1.54) is 5.56 Å². The molecule has 0 amide bonds. The van der Waals surface area contributed by atoms with Crippen LogP contribution in [-0.4, -0.2) is 79.0 Å². The molecule has 1 unspecified atom stereocenters. The lowest BCUT2D eigenvalue weighted by Crippen LogP contribution is -2.39. The van der Waals surface area contributed by atoms with Gasteiger partial charge < -0.3 is 24.6 Å². The van der Waals surface area contributed by atoms with E-state index in [1.807, 2.05) is 37.1 Å². The van der Waals surface area contributed by atoms with Crippen molar-refractivity contribution in [1.82, 2.24) is 24.9 Å². The van der Waals surface area contributed by atoms with Crippen molar-refractivity contribution in [2.24, 2.45) is 12.0 Å². The van der Waals surface area contributed by atoms with Gasteiger partial charge in [0, 0.05) is 52.4 Å². The van der Waals surface area contributed by atoms with Gasteiger partial charge in [0.2, 0.25) is 0 Å². The molecule has 0 bridgehead atoms. The smallest absolute Gasteiger partial charge is 0.193 e. The zero-order valence-electron chi connectivity index (χ0n) is 20.2. The molecule has 2 aromatic rings. The zero-order chi connectivity index (χ0) is 22.9. The number of likely N-dealkylation sites (tertiary alicyclic amines) is 1. The van der Waals surface area contributed by atoms with Crippen LogP contribution in [0.4, 0.5) is 0 Å². The summed E-state index contributed by atoms with van der Waals surface area (Å²) in [6.07, 6.45) is 5.20. The number of ether oxygens (including phenoxy) is 2. The highest BCUT2D eigenvalue weighted by molar-refractivity contribution is 5.80. The van der Waals surface area contributed by atoms with Crippen molar-refractivity contribution in [2.45, 2.75) is 32.7 Å². The molecule has 1 N–H and O–H groups in total. The predicted octanol–water partition coefficient (Wildman–Crippen LogP) is 2.71. The summed E-state index contributed by atoms with van der Waals surface area (Å²) < 4.78 is 13.4. The van der Waals surface area contributed by atoms with Gasteiger partial charge in [0.15, 0.2) is 17.5 Å². The van der Waals surface area contributed by atoms with Crippen LogP contribution in [0.5, 0.6) is 11.5 Å². The number of benzene rings is 1. The van der Waals surface area contributed by atoms with Gasteiger partial charge in [0.1, 0.15) is 6.61 Å². The Kier molecular flexibility index (Phi) is 8.79. The van der Waals surface area contributed by atoms with E-state index in [9.17, 15) is 0 Å². The van der Waals surface area contributed by atoms with Gasteiger partial charge in [-0.1, -0.05) is 19.9 Å². The van der Waals surface area contributed by atoms with E-state index in [1.54, 1.807) is 7.11 Å². The fraction of sp³-hybridized carbons (Fsp3) is 0.583. The third-order valence-electron chi connectivity index (χ3n) is 6.13. The first kappa shape index (κ1) is 23.9. The maximum Gasteiger partial charge on any atom is 0.193 e. The van der Waals surface area contributed by atoms with E-state index in [-0.39, 0.29) is 0 Å². The van der Waals surface area contributed by atoms with Crippen molar-refractivity contribution in [3.63, 3.8) is 0 Å². The Labute approximate surface area is 192 Å². The Morgan fingerprint density at radius 1 is 1.28 bits per heavy atom. The molecule has 1 aromatic heterocycles. The summed E-state index contributed by atoms with van der Waals surface area (Å²) in [6, 6.07) is 6.11. The molecule has 0 aliphatic carbocycles. The Morgan fingerprint density at radius 3 is 2.75 bits per heavy atom. The first-order valence-corrected chi connectivity index (χ1v) is 11.5. The van der Waals surface area contributed by atoms with Crippen LogP contribution in [0, 0.1) is 0 Å². The summed E-state index contributed by atoms with van der Waals surface area (Å²) >= 11 is 0. The van der Waals surface area contributed by atoms with Crippen molar-refractivity contribution in [1.29, 1.82) is 0 Å². The van der Waals surface area contributed by atoms with Crippen LogP contribution < -0.4 is 14.8 Å². The number of aliphatic imine (C=N–C) groups is 1. The Balaban J connectivity index is 1.53. The van der Waals surface area contributed by atoms with Gasteiger partial charge in [-0.25, -0.2) is 0 Å². The molecular formula is C24H38N6O2. The second kappa shape index (κ2) is 11.8. The van der Waals surface area contributed by atoms with E-state index in [0.29, 0.717) is 19.1 Å². The molecule has 2 heterocycles. The Hall–Kier alpha value is -2.74. The molecule has 1 aliphatic heterocycles. The van der Waals surface area contributed by atoms with Crippen LogP contribution in [0.25, 0.3) is 0 Å². The second-order valence-corrected chi connectivity index (χ2v) is 8.14. The number of guanidine groups is 1. The van der Waals surface area contributed by atoms with Crippen molar-refractivity contribution in [2.75, 3.05) is 53.5 Å². The van der Waals surface area contributed by atoms with Gasteiger partial charge >= 0.3 is 0 Å². The molecule has 1 aromatic carbocycles. The van der Waals surface area contributed by atoms with Crippen molar-refractivity contribution >= 4 is 5.96 Å². The fourth-order valence-corrected chi connectivity index (χ4v) is 4.15. The minimum atomic E-state index is 0.495. The molecule has 1 saturated heterocycles. The lowest BCUT2D eigenvalue weighted by Gasteiger charge is -2.22. The molecule has 0 radical (unpaired) electrons. The highest BCUT2D eigenvalue weighted by Gasteiger charge is 2.26. The van der Waals surface area contributed by atoms with E-state index >= 15 is 0 Å². The number of aromatic nitrogens is 2. The number of aryl methyl sites for hydroxylation is 1. The van der Waals surface area contributed by atoms with Crippen LogP contribution in [0.15, 0.2) is 35.6 Å². The van der Waals surface area contributed by atoms with Crippen LogP contribution in [-0.2, 0) is 13.6 Å². The first-order chi connectivity index (χ1) is 15.6. The van der Waals surface area contributed by atoms with E-state index < -0.39 is 0 Å². The third kappa shape index (κ3) is 6.16. The monoisotopic (exact) mass is 442 g/mol. The van der Waals surface area contributed by atoms with Crippen LogP contribution in [0.2, 0.25) is 0 Å². The Bertz CT molecular complexity index is 877. The predicted molar refractivity (Wildman–Crippen MR) is 129 cm³/mol. The summed E-state index contributed by atoms with van der Waals surface area (Å²) in [4.78, 5) is 9.16. The van der Waals surface area contributed by atoms with Crippen molar-refractivity contribution in [3.8, 4) is 11.5 Å². The molecule has 0 spiro atoms. The topological polar surface area (TPSA) is 67.2 Å². The van der Waals surface area contributed by atoms with Crippen LogP contribution in [0.3, 0.4) is 0 Å². The average molecular weight is 443 g/mol. The van der Waals surface area contributed by atoms with Gasteiger partial charge in [0.05, 0.1) is 13.3 Å². The summed E-state index contributed by atoms with van der Waals surface area (Å²) in [5, 5.41) is 7.82. The van der Waals surface area contributed by atoms with E-state index in [0.717, 1.165) is 62.2 Å². The Morgan fingerprint density at radius 2 is 2.09 bits per heavy atom. The van der Waals surface area contributed by atoms with Gasteiger partial charge in [-0.05, 0) is 42.8 Å². The maximum atomic E-state index is 5.97. The quantitative estimate of drug-likeness (QED) is 0.451. The minimum absolute atomic E-state index is 0.495. The second-order valence-electron chi connectivity index (χ2n) is 8.14. The van der Waals surface area contributed by atoms with Gasteiger partial charge in [-0.3, -0.25) is 9.67 Å². The largest absolute Gasteiger partial charge is 0.493 e. The van der Waals surface area contributed by atoms with Crippen molar-refractivity contribution in [3.05, 3.63) is 41.7 Å². The number of nitrogens with zero attached hydrogens (tertiary/aromatic N) is 5. The SMILES string of the molecule is CCN(CC)CCOc1ccc(CNC(=NC)N2CCC(c3cnn(C)c3)C2)cc1OC. The summed E-state index contributed by atoms with van der Waals surface area (Å²) in [5.41, 5.74) is 2.42.